The first-order valence-electron chi connectivity index (χ1n) is 28.6. The maximum Gasteiger partial charge on any atom is 3.00 e. The van der Waals surface area contributed by atoms with Gasteiger partial charge in [-0.2, -0.15) is 0 Å². The van der Waals surface area contributed by atoms with Crippen LogP contribution < -0.4 is 0 Å². The van der Waals surface area contributed by atoms with Gasteiger partial charge in [0.25, 0.3) is 0 Å². The normalized spacial score (nSPS) is 15.2. The van der Waals surface area contributed by atoms with Crippen LogP contribution in [0.5, 0.6) is 0 Å². The predicted molar refractivity (Wildman–Crippen MR) is 271 cm³/mol. The Morgan fingerprint density at radius 3 is 1.53 bits per heavy atom. The molecule has 10 aromatic rings. The van der Waals surface area contributed by atoms with Gasteiger partial charge in [-0.1, -0.05) is 108 Å². The molecule has 0 fully saturated rings. The molecule has 3 heterocycles. The summed E-state index contributed by atoms with van der Waals surface area (Å²) in [6.45, 7) is -6.23. The number of hydrogen-bond donors (Lipinski definition) is 0. The number of benzene rings is 7. The van der Waals surface area contributed by atoms with E-state index in [4.69, 9.17) is 13.2 Å². The minimum Gasteiger partial charge on any atom is -0.304 e. The number of halogens is 3. The van der Waals surface area contributed by atoms with E-state index in [0.717, 1.165) is 84.2 Å². The molecule has 3 nitrogen and oxygen atoms in total. The molecule has 0 saturated heterocycles. The van der Waals surface area contributed by atoms with Crippen molar-refractivity contribution in [2.75, 3.05) is 0 Å². The summed E-state index contributed by atoms with van der Waals surface area (Å²) in [6.07, 6.45) is -10.3. The Kier molecular flexibility index (Phi) is 10.1. The number of pyridine rings is 3. The minimum atomic E-state index is -3.40. The fraction of sp³-hybridized carbons (Fsp3) is 0.0952. The number of nitrogens with zero attached hydrogens (tertiary/aromatic N) is 3. The molecular formula is C63H45F3IrN3. The van der Waals surface area contributed by atoms with Crippen molar-refractivity contribution < 1.29 is 52.5 Å². The largest absolute Gasteiger partial charge is 3.00 e. The van der Waals surface area contributed by atoms with Gasteiger partial charge in [0.2, 0.25) is 0 Å². The van der Waals surface area contributed by atoms with E-state index >= 15 is 4.39 Å². The van der Waals surface area contributed by atoms with Crippen LogP contribution in [0.4, 0.5) is 13.2 Å². The molecule has 0 atom stereocenters. The molecule has 0 amide bonds. The van der Waals surface area contributed by atoms with Gasteiger partial charge in [-0.25, -0.2) is 4.39 Å². The third-order valence-corrected chi connectivity index (χ3v) is 11.3. The van der Waals surface area contributed by atoms with E-state index in [-0.39, 0.29) is 59.3 Å². The second-order valence-electron chi connectivity index (χ2n) is 15.9. The molecule has 10 rings (SSSR count). The second kappa shape index (κ2) is 21.4. The van der Waals surface area contributed by atoms with Gasteiger partial charge in [0.05, 0.1) is 0 Å². The van der Waals surface area contributed by atoms with E-state index in [1.807, 2.05) is 72.8 Å². The van der Waals surface area contributed by atoms with E-state index < -0.39 is 90.0 Å². The fourth-order valence-corrected chi connectivity index (χ4v) is 7.81. The molecule has 0 radical (unpaired) electrons. The molecule has 0 bridgehead atoms. The molecule has 0 unspecified atom stereocenters. The van der Waals surface area contributed by atoms with E-state index in [1.54, 1.807) is 18.3 Å². The Bertz CT molecular complexity index is 3890. The standard InChI is InChI=1S/C63H45F3N3.Ir/c1-41-31-61(49-21-25-54(64)26-22-49)67-38-51(41)15-13-43-33-44(14-16-52-39-68-62(32-42(52)2)50-23-27-55(65)28-24-50)35-53(34-43)58-36-56(66)29-30-57(58)60-40-69-63(48-11-7-4-8-12-48)37-59(60)47-19-17-46(18-20-47)45-9-5-3-6-10-45;/h3-11,17-21,23,25-40H,13-16H2,1-2H3;/q-3;+3/i1D3,2D3,13D2,14D2,15D2,16D2;. The number of aromatic nitrogens is 3. The number of rotatable bonds is 13. The van der Waals surface area contributed by atoms with Crippen LogP contribution in [0.3, 0.4) is 0 Å². The van der Waals surface area contributed by atoms with Gasteiger partial charge in [-0.05, 0) is 130 Å². The van der Waals surface area contributed by atoms with Crippen molar-refractivity contribution in [1.29, 1.82) is 0 Å². The van der Waals surface area contributed by atoms with Crippen LogP contribution in [-0.2, 0) is 45.6 Å². The van der Waals surface area contributed by atoms with Crippen molar-refractivity contribution in [3.63, 3.8) is 0 Å². The smallest absolute Gasteiger partial charge is 0.304 e. The van der Waals surface area contributed by atoms with Gasteiger partial charge in [-0.3, -0.25) is 8.78 Å². The summed E-state index contributed by atoms with van der Waals surface area (Å²) in [7, 11) is 0. The molecule has 70 heavy (non-hydrogen) atoms. The monoisotopic (exact) mass is 1110 g/mol. The van der Waals surface area contributed by atoms with Gasteiger partial charge in [0.15, 0.2) is 0 Å². The van der Waals surface area contributed by atoms with Crippen LogP contribution in [0.2, 0.25) is 0 Å². The van der Waals surface area contributed by atoms with Gasteiger partial charge in [0.1, 0.15) is 5.82 Å². The zero-order valence-corrected chi connectivity index (χ0v) is 39.1. The van der Waals surface area contributed by atoms with Crippen LogP contribution in [0, 0.1) is 49.4 Å². The third-order valence-electron chi connectivity index (χ3n) is 11.3. The first kappa shape index (κ1) is 33.0. The second-order valence-corrected chi connectivity index (χ2v) is 15.9. The first-order valence-corrected chi connectivity index (χ1v) is 21.6. The van der Waals surface area contributed by atoms with Crippen molar-refractivity contribution in [3.05, 3.63) is 257 Å². The number of hydrogen-bond acceptors (Lipinski definition) is 3. The van der Waals surface area contributed by atoms with Crippen molar-refractivity contribution in [2.45, 2.75) is 39.2 Å². The van der Waals surface area contributed by atoms with E-state index in [1.165, 1.54) is 24.3 Å². The molecule has 0 aliphatic carbocycles. The number of aryl methyl sites for hydroxylation is 6. The van der Waals surface area contributed by atoms with Gasteiger partial charge in [-0.15, -0.1) is 95.6 Å². The van der Waals surface area contributed by atoms with Crippen LogP contribution in [-0.4, -0.2) is 15.0 Å². The van der Waals surface area contributed by atoms with Crippen molar-refractivity contribution >= 4 is 0 Å². The summed E-state index contributed by atoms with van der Waals surface area (Å²) in [4.78, 5) is 13.3. The summed E-state index contributed by atoms with van der Waals surface area (Å²) in [5, 5.41) is 0. The maximum atomic E-state index is 16.2. The van der Waals surface area contributed by atoms with E-state index in [9.17, 15) is 19.7 Å². The Morgan fingerprint density at radius 1 is 0.429 bits per heavy atom. The summed E-state index contributed by atoms with van der Waals surface area (Å²) >= 11 is 0. The van der Waals surface area contributed by atoms with Gasteiger partial charge < -0.3 is 15.0 Å². The molecule has 342 valence electrons. The predicted octanol–water partition coefficient (Wildman–Crippen LogP) is 15.5. The van der Waals surface area contributed by atoms with Gasteiger partial charge in [0, 0.05) is 55.0 Å². The van der Waals surface area contributed by atoms with E-state index in [0.29, 0.717) is 27.9 Å². The topological polar surface area (TPSA) is 38.7 Å². The van der Waals surface area contributed by atoms with Crippen molar-refractivity contribution in [3.8, 4) is 78.3 Å². The summed E-state index contributed by atoms with van der Waals surface area (Å²) in [5.41, 5.74) is 0.684. The molecule has 0 saturated carbocycles. The zero-order valence-electron chi connectivity index (χ0n) is 50.7. The molecular weight excluding hydrogens is 1050 g/mol. The average Bonchev–Trinajstić information content (AvgIpc) is 1.30. The van der Waals surface area contributed by atoms with Crippen molar-refractivity contribution in [1.82, 2.24) is 15.0 Å². The Hall–Kier alpha value is -7.57. The molecule has 7 heteroatoms. The molecule has 7 aromatic carbocycles. The zero-order chi connectivity index (χ0) is 59.4. The van der Waals surface area contributed by atoms with Crippen LogP contribution >= 0.6 is 0 Å². The molecule has 0 N–H and O–H groups in total. The Balaban J connectivity index is 0.00000846. The van der Waals surface area contributed by atoms with Gasteiger partial charge >= 0.3 is 20.1 Å². The summed E-state index contributed by atoms with van der Waals surface area (Å²) in [6, 6.07) is 50.4. The third kappa shape index (κ3) is 10.8. The van der Waals surface area contributed by atoms with E-state index in [2.05, 4.69) is 28.2 Å². The quantitative estimate of drug-likeness (QED) is 0.108. The van der Waals surface area contributed by atoms with Crippen molar-refractivity contribution in [2.24, 2.45) is 0 Å². The molecule has 0 aliphatic rings. The summed E-state index contributed by atoms with van der Waals surface area (Å²) in [5.74, 6) is -2.11. The molecule has 0 aliphatic heterocycles. The molecule has 0 spiro atoms. The van der Waals surface area contributed by atoms with Crippen LogP contribution in [0.15, 0.2) is 188 Å². The van der Waals surface area contributed by atoms with Crippen LogP contribution in [0.25, 0.3) is 78.3 Å². The summed E-state index contributed by atoms with van der Waals surface area (Å²) < 4.78 is 173. The maximum absolute atomic E-state index is 16.2. The van der Waals surface area contributed by atoms with Crippen LogP contribution in [0.1, 0.15) is 52.6 Å². The minimum absolute atomic E-state index is 0. The Labute approximate surface area is 440 Å². The first-order chi connectivity index (χ1) is 39.1. The Morgan fingerprint density at radius 2 is 0.957 bits per heavy atom. The SMILES string of the molecule is [2H]C([2H])([2H])c1cc(-c2[c-]cc(F)cc2)ncc1C([2H])([2H])C([2H])([2H])c1cc(-c2cc(F)ccc2-c2cnc(-c3[c-]cccc3)cc2-c2ccc(-c3ccccc3)cc2)cc(C([2H])([2H])C([2H])([2H])c2cnc(-c3[c-]cc(F)cc3)cc2C([2H])([2H])[2H])c1.[Ir+3]. The average molecular weight is 1110 g/mol. The fourth-order valence-electron chi connectivity index (χ4n) is 7.81. The molecule has 3 aromatic heterocycles.